The summed E-state index contributed by atoms with van der Waals surface area (Å²) in [6.45, 7) is 2.08. The van der Waals surface area contributed by atoms with Crippen molar-refractivity contribution in [3.63, 3.8) is 0 Å². The molecule has 0 spiro atoms. The number of nitrogens with zero attached hydrogens (tertiary/aromatic N) is 3. The van der Waals surface area contributed by atoms with Crippen LogP contribution in [0.15, 0.2) is 24.8 Å². The molecule has 0 bridgehead atoms. The third-order valence-electron chi connectivity index (χ3n) is 6.57. The number of alkyl halides is 2. The number of aromatic nitrogens is 4. The number of halogens is 3. The van der Waals surface area contributed by atoms with E-state index < -0.39 is 17.5 Å². The Labute approximate surface area is 188 Å². The monoisotopic (exact) mass is 458 g/mol. The zero-order valence-electron chi connectivity index (χ0n) is 18.2. The molecule has 0 radical (unpaired) electrons. The van der Waals surface area contributed by atoms with Crippen molar-refractivity contribution in [1.82, 2.24) is 19.9 Å². The number of rotatable bonds is 7. The largest absolute Gasteiger partial charge is 0.367 e. The normalized spacial score (nSPS) is 19.4. The van der Waals surface area contributed by atoms with Crippen LogP contribution in [0.4, 0.5) is 24.8 Å². The van der Waals surface area contributed by atoms with Gasteiger partial charge in [0.15, 0.2) is 17.4 Å². The van der Waals surface area contributed by atoms with Gasteiger partial charge in [0, 0.05) is 42.9 Å². The molecule has 2 aliphatic rings. The lowest BCUT2D eigenvalue weighted by atomic mass is 9.92. The maximum absolute atomic E-state index is 14.7. The first-order chi connectivity index (χ1) is 15.8. The molecule has 1 atom stereocenters. The Morgan fingerprint density at radius 3 is 2.61 bits per heavy atom. The number of anilines is 2. The van der Waals surface area contributed by atoms with Gasteiger partial charge in [-0.3, -0.25) is 4.79 Å². The fourth-order valence-electron chi connectivity index (χ4n) is 4.38. The third kappa shape index (κ3) is 4.51. The van der Waals surface area contributed by atoms with Crippen molar-refractivity contribution in [2.75, 3.05) is 10.6 Å². The molecule has 3 N–H and O–H groups in total. The zero-order valence-corrected chi connectivity index (χ0v) is 18.2. The summed E-state index contributed by atoms with van der Waals surface area (Å²) in [5.74, 6) is -2.66. The number of carbonyl (C=O) groups is 1. The minimum atomic E-state index is -2.66. The van der Waals surface area contributed by atoms with Crippen LogP contribution in [0, 0.1) is 11.7 Å². The first-order valence-corrected chi connectivity index (χ1v) is 11.2. The van der Waals surface area contributed by atoms with E-state index in [1.165, 1.54) is 12.5 Å². The van der Waals surface area contributed by atoms with Crippen molar-refractivity contribution in [3.05, 3.63) is 41.7 Å². The van der Waals surface area contributed by atoms with Crippen LogP contribution in [-0.4, -0.2) is 43.7 Å². The van der Waals surface area contributed by atoms with Gasteiger partial charge in [-0.15, -0.1) is 0 Å². The molecular formula is C23H25F3N6O. The van der Waals surface area contributed by atoms with E-state index in [1.807, 2.05) is 0 Å². The van der Waals surface area contributed by atoms with Gasteiger partial charge >= 0.3 is 0 Å². The van der Waals surface area contributed by atoms with Gasteiger partial charge < -0.3 is 15.6 Å². The summed E-state index contributed by atoms with van der Waals surface area (Å²) in [5, 5.41) is 6.83. The lowest BCUT2D eigenvalue weighted by molar-refractivity contribution is -0.0361. The summed E-state index contributed by atoms with van der Waals surface area (Å²) >= 11 is 0. The second-order valence-electron chi connectivity index (χ2n) is 9.08. The Hall–Kier alpha value is -3.17. The number of aromatic amines is 1. The highest BCUT2D eigenvalue weighted by Gasteiger charge is 2.35. The third-order valence-corrected chi connectivity index (χ3v) is 6.57. The molecule has 0 unspecified atom stereocenters. The van der Waals surface area contributed by atoms with Crippen molar-refractivity contribution in [2.45, 2.75) is 63.5 Å². The molecule has 0 saturated heterocycles. The van der Waals surface area contributed by atoms with E-state index in [4.69, 9.17) is 0 Å². The summed E-state index contributed by atoms with van der Waals surface area (Å²) in [6, 6.07) is 1.06. The number of fused-ring (bicyclic) bond motifs is 1. The Balaban J connectivity index is 1.37. The Bertz CT molecular complexity index is 1180. The minimum Gasteiger partial charge on any atom is -0.367 e. The summed E-state index contributed by atoms with van der Waals surface area (Å²) in [4.78, 5) is 28.8. The van der Waals surface area contributed by atoms with Gasteiger partial charge in [0.1, 0.15) is 17.8 Å². The van der Waals surface area contributed by atoms with Gasteiger partial charge in [-0.05, 0) is 44.6 Å². The highest BCUT2D eigenvalue weighted by Crippen LogP contribution is 2.36. The predicted octanol–water partition coefficient (Wildman–Crippen LogP) is 4.92. The molecule has 0 aliphatic heterocycles. The van der Waals surface area contributed by atoms with E-state index in [1.54, 1.807) is 6.20 Å². The average Bonchev–Trinajstić information content (AvgIpc) is 3.55. The summed E-state index contributed by atoms with van der Waals surface area (Å²) < 4.78 is 41.5. The fourth-order valence-corrected chi connectivity index (χ4v) is 4.38. The van der Waals surface area contributed by atoms with Crippen molar-refractivity contribution in [2.24, 2.45) is 5.92 Å². The number of nitrogens with one attached hydrogen (secondary N) is 3. The first kappa shape index (κ1) is 21.7. The molecular weight excluding hydrogens is 433 g/mol. The van der Waals surface area contributed by atoms with Crippen LogP contribution in [0.1, 0.15) is 61.4 Å². The molecule has 5 rings (SSSR count). The van der Waals surface area contributed by atoms with E-state index in [2.05, 4.69) is 37.5 Å². The molecule has 10 heteroatoms. The maximum atomic E-state index is 14.7. The van der Waals surface area contributed by atoms with Crippen molar-refractivity contribution < 1.29 is 18.0 Å². The maximum Gasteiger partial charge on any atom is 0.248 e. The summed E-state index contributed by atoms with van der Waals surface area (Å²) in [7, 11) is 0. The predicted molar refractivity (Wildman–Crippen MR) is 118 cm³/mol. The topological polar surface area (TPSA) is 95.6 Å². The lowest BCUT2D eigenvalue weighted by Gasteiger charge is -2.29. The standard InChI is InChI=1S/C23H25F3N6O/c1-12(13-2-3-13)31-22-18-16(10-28-21(18)29-11-30-22)19(33)14-8-17(24)20(27-9-14)32-15-4-6-23(25,26)7-5-15/h8-13,15H,2-7H2,1H3,(H,27,32)(H2,28,29,30,31)/t12-/m0/s1. The van der Waals surface area contributed by atoms with Crippen molar-refractivity contribution in [3.8, 4) is 0 Å². The van der Waals surface area contributed by atoms with E-state index in [0.29, 0.717) is 28.3 Å². The molecule has 33 heavy (non-hydrogen) atoms. The number of hydrogen-bond donors (Lipinski definition) is 3. The Morgan fingerprint density at radius 2 is 1.91 bits per heavy atom. The fraction of sp³-hybridized carbons (Fsp3) is 0.478. The molecule has 2 aliphatic carbocycles. The highest BCUT2D eigenvalue weighted by molar-refractivity contribution is 6.17. The Kier molecular flexibility index (Phi) is 5.46. The second kappa shape index (κ2) is 8.31. The number of H-pyrrole nitrogens is 1. The summed E-state index contributed by atoms with van der Waals surface area (Å²) in [6.07, 6.45) is 6.60. The van der Waals surface area contributed by atoms with Crippen LogP contribution in [0.5, 0.6) is 0 Å². The highest BCUT2D eigenvalue weighted by atomic mass is 19.3. The van der Waals surface area contributed by atoms with E-state index in [9.17, 15) is 18.0 Å². The van der Waals surface area contributed by atoms with Crippen LogP contribution < -0.4 is 10.6 Å². The molecule has 2 saturated carbocycles. The van der Waals surface area contributed by atoms with Gasteiger partial charge in [-0.1, -0.05) is 0 Å². The second-order valence-corrected chi connectivity index (χ2v) is 9.08. The number of ketones is 1. The lowest BCUT2D eigenvalue weighted by Crippen LogP contribution is -2.32. The zero-order chi connectivity index (χ0) is 23.2. The SMILES string of the molecule is C[C@H](Nc1ncnc2[nH]cc(C(=O)c3cnc(NC4CCC(F)(F)CC4)c(F)c3)c12)C1CC1. The van der Waals surface area contributed by atoms with E-state index in [0.717, 1.165) is 18.9 Å². The van der Waals surface area contributed by atoms with Crippen LogP contribution in [0.3, 0.4) is 0 Å². The Morgan fingerprint density at radius 1 is 1.15 bits per heavy atom. The van der Waals surface area contributed by atoms with Crippen LogP contribution in [0.2, 0.25) is 0 Å². The van der Waals surface area contributed by atoms with Crippen molar-refractivity contribution >= 4 is 28.5 Å². The smallest absolute Gasteiger partial charge is 0.248 e. The molecule has 0 aromatic carbocycles. The van der Waals surface area contributed by atoms with Gasteiger partial charge in [-0.25, -0.2) is 28.1 Å². The van der Waals surface area contributed by atoms with Gasteiger partial charge in [0.25, 0.3) is 0 Å². The van der Waals surface area contributed by atoms with E-state index in [-0.39, 0.29) is 49.1 Å². The molecule has 0 amide bonds. The first-order valence-electron chi connectivity index (χ1n) is 11.2. The molecule has 7 nitrogen and oxygen atoms in total. The van der Waals surface area contributed by atoms with Gasteiger partial charge in [0.2, 0.25) is 5.92 Å². The van der Waals surface area contributed by atoms with Crippen LogP contribution in [0.25, 0.3) is 11.0 Å². The van der Waals surface area contributed by atoms with Crippen molar-refractivity contribution in [1.29, 1.82) is 0 Å². The number of hydrogen-bond acceptors (Lipinski definition) is 6. The minimum absolute atomic E-state index is 0.0374. The molecule has 3 heterocycles. The van der Waals surface area contributed by atoms with Crippen LogP contribution >= 0.6 is 0 Å². The van der Waals surface area contributed by atoms with Gasteiger partial charge in [0.05, 0.1) is 10.9 Å². The molecule has 2 fully saturated rings. The summed E-state index contributed by atoms with van der Waals surface area (Å²) in [5.41, 5.74) is 0.923. The number of pyridine rings is 1. The quantitative estimate of drug-likeness (QED) is 0.435. The van der Waals surface area contributed by atoms with Gasteiger partial charge in [-0.2, -0.15) is 0 Å². The molecule has 174 valence electrons. The van der Waals surface area contributed by atoms with Crippen LogP contribution in [-0.2, 0) is 0 Å². The molecule has 3 aromatic heterocycles. The van der Waals surface area contributed by atoms with E-state index >= 15 is 0 Å². The average molecular weight is 458 g/mol. The number of carbonyl (C=O) groups excluding carboxylic acids is 1. The molecule has 3 aromatic rings.